The quantitative estimate of drug-likeness (QED) is 0.422. The van der Waals surface area contributed by atoms with E-state index in [0.717, 1.165) is 4.90 Å². The van der Waals surface area contributed by atoms with Gasteiger partial charge in [0, 0.05) is 13.7 Å². The molecule has 0 radical (unpaired) electrons. The van der Waals surface area contributed by atoms with Crippen molar-refractivity contribution in [1.29, 1.82) is 0 Å². The van der Waals surface area contributed by atoms with Gasteiger partial charge in [-0.15, -0.1) is 0 Å². The first kappa shape index (κ1) is 11.4. The Morgan fingerprint density at radius 2 is 2.33 bits per heavy atom. The minimum absolute atomic E-state index is 0.0590. The van der Waals surface area contributed by atoms with Gasteiger partial charge < -0.3 is 15.0 Å². The maximum atomic E-state index is 11.2. The van der Waals surface area contributed by atoms with Crippen molar-refractivity contribution in [3.63, 3.8) is 0 Å². The number of carbonyl (C=O) groups excluding carboxylic acids is 3. The van der Waals surface area contributed by atoms with Crippen LogP contribution in [0.4, 0.5) is 4.79 Å². The zero-order valence-electron chi connectivity index (χ0n) is 8.41. The highest BCUT2D eigenvalue weighted by Gasteiger charge is 2.27. The number of imide groups is 1. The summed E-state index contributed by atoms with van der Waals surface area (Å²) in [5.74, 6) is -0.693. The summed E-state index contributed by atoms with van der Waals surface area (Å²) in [5, 5.41) is 4.63. The number of hydrogen-bond acceptors (Lipinski definition) is 4. The van der Waals surface area contributed by atoms with E-state index in [9.17, 15) is 14.4 Å². The second kappa shape index (κ2) is 5.30. The fourth-order valence-electron chi connectivity index (χ4n) is 1.13. The molecule has 0 unspecified atom stereocenters. The van der Waals surface area contributed by atoms with Crippen LogP contribution in [-0.4, -0.2) is 56.1 Å². The number of rotatable bonds is 5. The lowest BCUT2D eigenvalue weighted by molar-refractivity contribution is -0.122. The fraction of sp³-hybridized carbons (Fsp3) is 0.625. The molecule has 0 aliphatic carbocycles. The third kappa shape index (κ3) is 3.55. The van der Waals surface area contributed by atoms with Crippen LogP contribution in [0.15, 0.2) is 0 Å². The molecule has 1 heterocycles. The summed E-state index contributed by atoms with van der Waals surface area (Å²) in [6.07, 6.45) is 0. The van der Waals surface area contributed by atoms with Crippen LogP contribution in [-0.2, 0) is 14.3 Å². The zero-order chi connectivity index (χ0) is 11.3. The van der Waals surface area contributed by atoms with E-state index >= 15 is 0 Å². The normalized spacial score (nSPS) is 15.4. The molecule has 0 aromatic rings. The Hall–Kier alpha value is -1.63. The maximum absolute atomic E-state index is 11.2. The monoisotopic (exact) mass is 215 g/mol. The van der Waals surface area contributed by atoms with E-state index in [0.29, 0.717) is 13.2 Å². The number of urea groups is 1. The summed E-state index contributed by atoms with van der Waals surface area (Å²) in [6.45, 7) is 0.632. The Morgan fingerprint density at radius 3 is 2.87 bits per heavy atom. The van der Waals surface area contributed by atoms with Crippen LogP contribution in [0.3, 0.4) is 0 Å². The van der Waals surface area contributed by atoms with E-state index in [1.807, 2.05) is 0 Å². The zero-order valence-corrected chi connectivity index (χ0v) is 8.41. The molecule has 1 rings (SSSR count). The van der Waals surface area contributed by atoms with Crippen molar-refractivity contribution in [1.82, 2.24) is 15.5 Å². The van der Waals surface area contributed by atoms with Gasteiger partial charge in [0.25, 0.3) is 0 Å². The lowest BCUT2D eigenvalue weighted by atomic mass is 10.5. The van der Waals surface area contributed by atoms with E-state index in [4.69, 9.17) is 4.74 Å². The highest BCUT2D eigenvalue weighted by Crippen LogP contribution is 1.96. The highest BCUT2D eigenvalue weighted by atomic mass is 16.5. The first-order valence-electron chi connectivity index (χ1n) is 4.48. The summed E-state index contributed by atoms with van der Waals surface area (Å²) in [5.41, 5.74) is 0. The van der Waals surface area contributed by atoms with Crippen molar-refractivity contribution in [3.8, 4) is 0 Å². The molecule has 1 saturated heterocycles. The standard InChI is InChI=1S/C8H13N3O4/c1-15-3-2-9-6(12)4-11-5-7(13)10-8(11)14/h2-5H2,1H3,(H,9,12)(H,10,13,14). The molecule has 2 N–H and O–H groups in total. The van der Waals surface area contributed by atoms with Crippen LogP contribution >= 0.6 is 0 Å². The lowest BCUT2D eigenvalue weighted by Crippen LogP contribution is -2.39. The largest absolute Gasteiger partial charge is 0.383 e. The summed E-state index contributed by atoms with van der Waals surface area (Å²) >= 11 is 0. The molecule has 1 aliphatic rings. The Kier molecular flexibility index (Phi) is 4.04. The van der Waals surface area contributed by atoms with E-state index in [-0.39, 0.29) is 24.9 Å². The summed E-state index contributed by atoms with van der Waals surface area (Å²) in [4.78, 5) is 34.2. The smallest absolute Gasteiger partial charge is 0.325 e. The van der Waals surface area contributed by atoms with Crippen molar-refractivity contribution >= 4 is 17.8 Å². The van der Waals surface area contributed by atoms with E-state index < -0.39 is 6.03 Å². The third-order valence-corrected chi connectivity index (χ3v) is 1.83. The average molecular weight is 215 g/mol. The molecule has 84 valence electrons. The average Bonchev–Trinajstić information content (AvgIpc) is 2.45. The molecule has 1 fully saturated rings. The third-order valence-electron chi connectivity index (χ3n) is 1.83. The summed E-state index contributed by atoms with van der Waals surface area (Å²) < 4.78 is 4.74. The van der Waals surface area contributed by atoms with Crippen LogP contribution in [0.2, 0.25) is 0 Å². The molecule has 0 spiro atoms. The van der Waals surface area contributed by atoms with E-state index in [1.165, 1.54) is 7.11 Å². The van der Waals surface area contributed by atoms with Gasteiger partial charge in [-0.1, -0.05) is 0 Å². The molecule has 0 atom stereocenters. The number of methoxy groups -OCH3 is 1. The van der Waals surface area contributed by atoms with Crippen LogP contribution in [0.25, 0.3) is 0 Å². The van der Waals surface area contributed by atoms with Crippen LogP contribution < -0.4 is 10.6 Å². The van der Waals surface area contributed by atoms with Gasteiger partial charge >= 0.3 is 6.03 Å². The van der Waals surface area contributed by atoms with Crippen molar-refractivity contribution in [3.05, 3.63) is 0 Å². The minimum atomic E-state index is -0.526. The maximum Gasteiger partial charge on any atom is 0.325 e. The second-order valence-electron chi connectivity index (χ2n) is 3.05. The van der Waals surface area contributed by atoms with Gasteiger partial charge in [-0.05, 0) is 0 Å². The van der Waals surface area contributed by atoms with Crippen LogP contribution in [0, 0.1) is 0 Å². The van der Waals surface area contributed by atoms with Crippen molar-refractivity contribution in [2.24, 2.45) is 0 Å². The SMILES string of the molecule is COCCNC(=O)CN1CC(=O)NC1=O. The number of carbonyl (C=O) groups is 3. The number of ether oxygens (including phenoxy) is 1. The molecule has 0 aromatic heterocycles. The molecule has 4 amide bonds. The van der Waals surface area contributed by atoms with Gasteiger partial charge in [0.1, 0.15) is 13.1 Å². The molecule has 7 heteroatoms. The Bertz CT molecular complexity index is 279. The van der Waals surface area contributed by atoms with Crippen molar-refractivity contribution in [2.45, 2.75) is 0 Å². The Labute approximate surface area is 86.7 Å². The molecule has 0 saturated carbocycles. The molecule has 15 heavy (non-hydrogen) atoms. The van der Waals surface area contributed by atoms with E-state index in [1.54, 1.807) is 0 Å². The van der Waals surface area contributed by atoms with Gasteiger partial charge in [-0.3, -0.25) is 14.9 Å². The number of amides is 4. The molecule has 0 aromatic carbocycles. The van der Waals surface area contributed by atoms with Crippen molar-refractivity contribution in [2.75, 3.05) is 33.4 Å². The van der Waals surface area contributed by atoms with Gasteiger partial charge in [-0.25, -0.2) is 4.79 Å². The first-order valence-corrected chi connectivity index (χ1v) is 4.48. The predicted octanol–water partition coefficient (Wildman–Crippen LogP) is -1.70. The fourth-order valence-corrected chi connectivity index (χ4v) is 1.13. The number of nitrogens with one attached hydrogen (secondary N) is 2. The lowest BCUT2D eigenvalue weighted by Gasteiger charge is -2.12. The van der Waals surface area contributed by atoms with Crippen molar-refractivity contribution < 1.29 is 19.1 Å². The van der Waals surface area contributed by atoms with Gasteiger partial charge in [-0.2, -0.15) is 0 Å². The van der Waals surface area contributed by atoms with E-state index in [2.05, 4.69) is 10.6 Å². The number of nitrogens with zero attached hydrogens (tertiary/aromatic N) is 1. The molecule has 0 bridgehead atoms. The highest BCUT2D eigenvalue weighted by molar-refractivity contribution is 6.03. The van der Waals surface area contributed by atoms with Gasteiger partial charge in [0.05, 0.1) is 6.61 Å². The topological polar surface area (TPSA) is 87.7 Å². The minimum Gasteiger partial charge on any atom is -0.383 e. The molecular formula is C8H13N3O4. The second-order valence-corrected chi connectivity index (χ2v) is 3.05. The summed E-state index contributed by atoms with van der Waals surface area (Å²) in [7, 11) is 1.53. The Morgan fingerprint density at radius 1 is 1.60 bits per heavy atom. The number of hydrogen-bond donors (Lipinski definition) is 2. The van der Waals surface area contributed by atoms with Gasteiger partial charge in [0.2, 0.25) is 11.8 Å². The molecular weight excluding hydrogens is 202 g/mol. The predicted molar refractivity (Wildman–Crippen MR) is 50.0 cm³/mol. The molecule has 7 nitrogen and oxygen atoms in total. The molecule has 1 aliphatic heterocycles. The first-order chi connectivity index (χ1) is 7.13. The van der Waals surface area contributed by atoms with Crippen LogP contribution in [0.1, 0.15) is 0 Å². The summed E-state index contributed by atoms with van der Waals surface area (Å²) in [6, 6.07) is -0.526. The Balaban J connectivity index is 2.26. The van der Waals surface area contributed by atoms with Crippen LogP contribution in [0.5, 0.6) is 0 Å². The van der Waals surface area contributed by atoms with Gasteiger partial charge in [0.15, 0.2) is 0 Å².